The van der Waals surface area contributed by atoms with Crippen molar-refractivity contribution in [1.82, 2.24) is 5.32 Å². The first-order valence-electron chi connectivity index (χ1n) is 3.77. The Morgan fingerprint density at radius 3 is 2.90 bits per heavy atom. The van der Waals surface area contributed by atoms with Gasteiger partial charge < -0.3 is 10.1 Å². The third kappa shape index (κ3) is 2.90. The van der Waals surface area contributed by atoms with Gasteiger partial charge in [0, 0.05) is 0 Å². The quantitative estimate of drug-likeness (QED) is 0.601. The van der Waals surface area contributed by atoms with Gasteiger partial charge in [-0.15, -0.1) is 0 Å². The fourth-order valence-corrected chi connectivity index (χ4v) is 1.84. The minimum absolute atomic E-state index is 0.803. The molecule has 3 heteroatoms. The molecule has 2 nitrogen and oxygen atoms in total. The Bertz CT molecular complexity index is 85.7. The van der Waals surface area contributed by atoms with E-state index >= 15 is 0 Å². The summed E-state index contributed by atoms with van der Waals surface area (Å²) >= 11 is 2.04. The van der Waals surface area contributed by atoms with Gasteiger partial charge in [0.25, 0.3) is 0 Å². The number of rotatable bonds is 5. The molecule has 1 N–H and O–H groups in total. The number of ether oxygens (including phenoxy) is 1. The van der Waals surface area contributed by atoms with Gasteiger partial charge >= 0.3 is 0 Å². The standard InChI is InChI=1S/C7H15NOS/c1-8-3-2-4-10-7-5-9-6-7/h7-8H,2-6H2,1H3. The van der Waals surface area contributed by atoms with E-state index in [9.17, 15) is 0 Å². The van der Waals surface area contributed by atoms with Gasteiger partial charge in [0.1, 0.15) is 0 Å². The summed E-state index contributed by atoms with van der Waals surface area (Å²) in [6, 6.07) is 0. The molecule has 0 aromatic rings. The average molecular weight is 161 g/mol. The molecule has 0 aliphatic carbocycles. The zero-order valence-electron chi connectivity index (χ0n) is 6.43. The molecule has 0 spiro atoms. The van der Waals surface area contributed by atoms with Crippen LogP contribution in [0.1, 0.15) is 6.42 Å². The largest absolute Gasteiger partial charge is 0.379 e. The van der Waals surface area contributed by atoms with E-state index in [0.29, 0.717) is 0 Å². The molecule has 1 saturated heterocycles. The lowest BCUT2D eigenvalue weighted by molar-refractivity contribution is 0.0455. The lowest BCUT2D eigenvalue weighted by Crippen LogP contribution is -2.30. The number of hydrogen-bond acceptors (Lipinski definition) is 3. The van der Waals surface area contributed by atoms with Crippen LogP contribution in [-0.2, 0) is 4.74 Å². The molecule has 0 aromatic carbocycles. The number of thioether (sulfide) groups is 1. The van der Waals surface area contributed by atoms with Gasteiger partial charge in [-0.05, 0) is 25.8 Å². The second kappa shape index (κ2) is 4.99. The Morgan fingerprint density at radius 2 is 2.40 bits per heavy atom. The van der Waals surface area contributed by atoms with Crippen molar-refractivity contribution in [2.24, 2.45) is 0 Å². The molecule has 1 heterocycles. The second-order valence-corrected chi connectivity index (χ2v) is 3.90. The molecule has 1 aliphatic rings. The summed E-state index contributed by atoms with van der Waals surface area (Å²) in [5, 5.41) is 3.94. The fraction of sp³-hybridized carbons (Fsp3) is 1.00. The maximum absolute atomic E-state index is 5.06. The first kappa shape index (κ1) is 8.37. The molecule has 0 unspecified atom stereocenters. The van der Waals surface area contributed by atoms with E-state index in [-0.39, 0.29) is 0 Å². The highest BCUT2D eigenvalue weighted by Gasteiger charge is 2.17. The number of hydrogen-bond donors (Lipinski definition) is 1. The van der Waals surface area contributed by atoms with Crippen molar-refractivity contribution in [3.8, 4) is 0 Å². The molecule has 1 aliphatic heterocycles. The average Bonchev–Trinajstić information content (AvgIpc) is 1.84. The van der Waals surface area contributed by atoms with E-state index in [1.54, 1.807) is 0 Å². The van der Waals surface area contributed by atoms with E-state index in [0.717, 1.165) is 25.0 Å². The molecule has 0 aromatic heterocycles. The van der Waals surface area contributed by atoms with E-state index in [1.165, 1.54) is 12.2 Å². The van der Waals surface area contributed by atoms with Crippen LogP contribution in [0.25, 0.3) is 0 Å². The van der Waals surface area contributed by atoms with Crippen LogP contribution < -0.4 is 5.32 Å². The van der Waals surface area contributed by atoms with Gasteiger partial charge in [-0.3, -0.25) is 0 Å². The molecule has 0 radical (unpaired) electrons. The van der Waals surface area contributed by atoms with E-state index in [1.807, 2.05) is 18.8 Å². The Kier molecular flexibility index (Phi) is 4.18. The van der Waals surface area contributed by atoms with E-state index in [2.05, 4.69) is 5.32 Å². The lowest BCUT2D eigenvalue weighted by atomic mass is 10.4. The van der Waals surface area contributed by atoms with Crippen molar-refractivity contribution in [3.63, 3.8) is 0 Å². The van der Waals surface area contributed by atoms with Crippen LogP contribution in [0.2, 0.25) is 0 Å². The van der Waals surface area contributed by atoms with E-state index < -0.39 is 0 Å². The maximum atomic E-state index is 5.06. The summed E-state index contributed by atoms with van der Waals surface area (Å²) < 4.78 is 5.06. The first-order chi connectivity index (χ1) is 4.93. The monoisotopic (exact) mass is 161 g/mol. The van der Waals surface area contributed by atoms with Crippen LogP contribution in [0.5, 0.6) is 0 Å². The summed E-state index contributed by atoms with van der Waals surface area (Å²) in [7, 11) is 2.00. The molecular weight excluding hydrogens is 146 g/mol. The molecule has 0 amide bonds. The highest BCUT2D eigenvalue weighted by molar-refractivity contribution is 8.00. The second-order valence-electron chi connectivity index (χ2n) is 2.49. The summed E-state index contributed by atoms with van der Waals surface area (Å²) in [5.74, 6) is 1.27. The van der Waals surface area contributed by atoms with E-state index in [4.69, 9.17) is 4.74 Å². The first-order valence-corrected chi connectivity index (χ1v) is 4.82. The van der Waals surface area contributed by atoms with Crippen molar-refractivity contribution in [2.45, 2.75) is 11.7 Å². The molecule has 1 fully saturated rings. The lowest BCUT2D eigenvalue weighted by Gasteiger charge is -2.25. The van der Waals surface area contributed by atoms with Crippen LogP contribution in [0.4, 0.5) is 0 Å². The predicted molar refractivity (Wildman–Crippen MR) is 45.6 cm³/mol. The fourth-order valence-electron chi connectivity index (χ4n) is 0.809. The highest BCUT2D eigenvalue weighted by atomic mass is 32.2. The van der Waals surface area contributed by atoms with Gasteiger partial charge in [0.15, 0.2) is 0 Å². The molecule has 60 valence electrons. The zero-order valence-corrected chi connectivity index (χ0v) is 7.25. The molecular formula is C7H15NOS. The van der Waals surface area contributed by atoms with Gasteiger partial charge in [0.2, 0.25) is 0 Å². The Hall–Kier alpha value is 0.270. The van der Waals surface area contributed by atoms with Crippen molar-refractivity contribution in [3.05, 3.63) is 0 Å². The van der Waals surface area contributed by atoms with Crippen LogP contribution in [0.15, 0.2) is 0 Å². The maximum Gasteiger partial charge on any atom is 0.0607 e. The zero-order chi connectivity index (χ0) is 7.23. The summed E-state index contributed by atoms with van der Waals surface area (Å²) in [6.45, 7) is 3.09. The predicted octanol–water partition coefficient (Wildman–Crippen LogP) is 0.728. The Labute approximate surface area is 66.7 Å². The minimum atomic E-state index is 0.803. The Morgan fingerprint density at radius 1 is 1.60 bits per heavy atom. The van der Waals surface area contributed by atoms with Crippen LogP contribution in [0.3, 0.4) is 0 Å². The topological polar surface area (TPSA) is 21.3 Å². The third-order valence-corrected chi connectivity index (χ3v) is 2.80. The van der Waals surface area contributed by atoms with Crippen LogP contribution in [-0.4, -0.2) is 37.8 Å². The molecule has 0 atom stereocenters. The normalized spacial score (nSPS) is 18.9. The van der Waals surface area contributed by atoms with Gasteiger partial charge in [-0.1, -0.05) is 0 Å². The minimum Gasteiger partial charge on any atom is -0.379 e. The molecule has 10 heavy (non-hydrogen) atoms. The molecule has 0 bridgehead atoms. The van der Waals surface area contributed by atoms with Crippen LogP contribution in [0, 0.1) is 0 Å². The SMILES string of the molecule is CNCCCSC1COC1. The highest BCUT2D eigenvalue weighted by Crippen LogP contribution is 2.18. The smallest absolute Gasteiger partial charge is 0.0607 e. The van der Waals surface area contributed by atoms with Crippen molar-refractivity contribution >= 4 is 11.8 Å². The third-order valence-electron chi connectivity index (χ3n) is 1.53. The van der Waals surface area contributed by atoms with Crippen molar-refractivity contribution in [2.75, 3.05) is 32.6 Å². The Balaban J connectivity index is 1.76. The summed E-state index contributed by atoms with van der Waals surface area (Å²) in [4.78, 5) is 0. The molecule has 1 rings (SSSR count). The summed E-state index contributed by atoms with van der Waals surface area (Å²) in [5.41, 5.74) is 0. The van der Waals surface area contributed by atoms with Crippen LogP contribution >= 0.6 is 11.8 Å². The van der Waals surface area contributed by atoms with Gasteiger partial charge in [-0.25, -0.2) is 0 Å². The molecule has 0 saturated carbocycles. The van der Waals surface area contributed by atoms with Gasteiger partial charge in [-0.2, -0.15) is 11.8 Å². The summed E-state index contributed by atoms with van der Waals surface area (Å²) in [6.07, 6.45) is 1.28. The van der Waals surface area contributed by atoms with Crippen molar-refractivity contribution in [1.29, 1.82) is 0 Å². The number of nitrogens with one attached hydrogen (secondary N) is 1. The van der Waals surface area contributed by atoms with Crippen molar-refractivity contribution < 1.29 is 4.74 Å². The van der Waals surface area contributed by atoms with Gasteiger partial charge in [0.05, 0.1) is 18.5 Å².